The van der Waals surface area contributed by atoms with Crippen molar-refractivity contribution in [1.29, 1.82) is 0 Å². The van der Waals surface area contributed by atoms with E-state index in [2.05, 4.69) is 0 Å². The highest BCUT2D eigenvalue weighted by molar-refractivity contribution is 6.29. The van der Waals surface area contributed by atoms with E-state index in [1.807, 2.05) is 0 Å². The van der Waals surface area contributed by atoms with Gasteiger partial charge in [-0.1, -0.05) is 18.6 Å². The van der Waals surface area contributed by atoms with E-state index in [9.17, 15) is 24.6 Å². The van der Waals surface area contributed by atoms with Crippen LogP contribution in [0.4, 0.5) is 4.39 Å². The van der Waals surface area contributed by atoms with Crippen LogP contribution in [0.3, 0.4) is 0 Å². The number of ketones is 2. The van der Waals surface area contributed by atoms with Gasteiger partial charge in [0.2, 0.25) is 5.78 Å². The highest BCUT2D eigenvalue weighted by Gasteiger charge is 2.74. The molecule has 3 fully saturated rings. The van der Waals surface area contributed by atoms with Gasteiger partial charge >= 0.3 is 0 Å². The molecule has 0 radical (unpaired) electrons. The van der Waals surface area contributed by atoms with Gasteiger partial charge in [0.15, 0.2) is 17.7 Å². The summed E-state index contributed by atoms with van der Waals surface area (Å²) in [6, 6.07) is 0. The van der Waals surface area contributed by atoms with Crippen LogP contribution in [-0.2, 0) is 14.4 Å². The largest absolute Gasteiger partial charge is 0.390 e. The number of hydrogen-bond donors (Lipinski definition) is 2. The summed E-state index contributed by atoms with van der Waals surface area (Å²) in [4.78, 5) is 35.1. The van der Waals surface area contributed by atoms with Crippen LogP contribution in [-0.4, -0.2) is 45.4 Å². The third kappa shape index (κ3) is 1.98. The Morgan fingerprint density at radius 1 is 1.30 bits per heavy atom. The fraction of sp³-hybridized carbons (Fsp3) is 0.667. The predicted octanol–water partition coefficient (Wildman–Crippen LogP) is 1.86. The Kier molecular flexibility index (Phi) is 3.77. The molecular formula is C21H25FO5. The number of halogens is 1. The summed E-state index contributed by atoms with van der Waals surface area (Å²) in [6.07, 6.45) is 4.49. The van der Waals surface area contributed by atoms with Crippen molar-refractivity contribution in [3.05, 3.63) is 23.8 Å². The van der Waals surface area contributed by atoms with Crippen LogP contribution in [0, 0.1) is 22.7 Å². The molecule has 7 atom stereocenters. The quantitative estimate of drug-likeness (QED) is 0.567. The van der Waals surface area contributed by atoms with Crippen molar-refractivity contribution in [3.63, 3.8) is 0 Å². The Morgan fingerprint density at radius 2 is 2.00 bits per heavy atom. The Hall–Kier alpha value is -1.66. The SMILES string of the molecule is C[C@]12C=CC(=O)C=C1CC[C@H]1[C@@H]3CC[C@](O)(C(=O)C=O)[C@@]3(C)C[C@H](O)[C@@]12F. The number of allylic oxidation sites excluding steroid dienone is 4. The lowest BCUT2D eigenvalue weighted by Gasteiger charge is -2.62. The summed E-state index contributed by atoms with van der Waals surface area (Å²) >= 11 is 0. The molecule has 5 nitrogen and oxygen atoms in total. The highest BCUT2D eigenvalue weighted by atomic mass is 19.1. The lowest BCUT2D eigenvalue weighted by molar-refractivity contribution is -0.216. The molecule has 4 aliphatic carbocycles. The number of hydrogen-bond acceptors (Lipinski definition) is 5. The molecular weight excluding hydrogens is 351 g/mol. The van der Waals surface area contributed by atoms with Crippen LogP contribution < -0.4 is 0 Å². The van der Waals surface area contributed by atoms with Crippen LogP contribution in [0.2, 0.25) is 0 Å². The molecule has 3 saturated carbocycles. The molecule has 4 rings (SSSR count). The van der Waals surface area contributed by atoms with Crippen molar-refractivity contribution < 1.29 is 29.0 Å². The Balaban J connectivity index is 1.82. The van der Waals surface area contributed by atoms with E-state index in [0.717, 1.165) is 0 Å². The van der Waals surface area contributed by atoms with Crippen LogP contribution >= 0.6 is 0 Å². The van der Waals surface area contributed by atoms with Gasteiger partial charge < -0.3 is 10.2 Å². The number of alkyl halides is 1. The second-order valence-corrected chi connectivity index (χ2v) is 9.15. The minimum absolute atomic E-state index is 0.0960. The fourth-order valence-corrected chi connectivity index (χ4v) is 6.72. The standard InChI is InChI=1S/C21H25FO5/c1-18-7-5-13(24)9-12(18)3-4-15-14-6-8-20(27,17(26)11-23)19(14,2)10-16(25)21(15,18)22/h5,7,9,11,14-16,25,27H,3-4,6,8,10H2,1-2H3/t14-,15-,16-,18-,19-,20-,21-/m0/s1. The first-order valence-electron chi connectivity index (χ1n) is 9.58. The molecule has 0 amide bonds. The molecule has 0 bridgehead atoms. The summed E-state index contributed by atoms with van der Waals surface area (Å²) in [5.74, 6) is -1.97. The minimum Gasteiger partial charge on any atom is -0.390 e. The van der Waals surface area contributed by atoms with Gasteiger partial charge in [0, 0.05) is 16.7 Å². The number of carbonyl (C=O) groups excluding carboxylic acids is 3. The molecule has 0 aromatic carbocycles. The second kappa shape index (κ2) is 5.45. The Bertz CT molecular complexity index is 802. The van der Waals surface area contributed by atoms with Gasteiger partial charge in [-0.2, -0.15) is 0 Å². The first-order valence-corrected chi connectivity index (χ1v) is 9.58. The number of aldehydes is 1. The minimum atomic E-state index is -1.99. The van der Waals surface area contributed by atoms with Gasteiger partial charge in [-0.25, -0.2) is 4.39 Å². The maximum Gasteiger partial charge on any atom is 0.227 e. The zero-order valence-corrected chi connectivity index (χ0v) is 15.6. The maximum absolute atomic E-state index is 16.7. The van der Waals surface area contributed by atoms with Crippen molar-refractivity contribution in [2.75, 3.05) is 0 Å². The van der Waals surface area contributed by atoms with Gasteiger partial charge in [-0.15, -0.1) is 0 Å². The molecule has 0 aliphatic heterocycles. The van der Waals surface area contributed by atoms with E-state index in [1.165, 1.54) is 12.2 Å². The zero-order valence-electron chi connectivity index (χ0n) is 15.6. The van der Waals surface area contributed by atoms with Crippen molar-refractivity contribution >= 4 is 17.9 Å². The number of aliphatic hydroxyl groups is 2. The van der Waals surface area contributed by atoms with Gasteiger partial charge in [-0.05, 0) is 57.1 Å². The molecule has 146 valence electrons. The summed E-state index contributed by atoms with van der Waals surface area (Å²) in [7, 11) is 0. The van der Waals surface area contributed by atoms with Crippen molar-refractivity contribution in [1.82, 2.24) is 0 Å². The lowest BCUT2D eigenvalue weighted by atomic mass is 9.44. The number of aliphatic hydroxyl groups excluding tert-OH is 1. The van der Waals surface area contributed by atoms with E-state index in [-0.39, 0.29) is 30.8 Å². The van der Waals surface area contributed by atoms with E-state index >= 15 is 4.39 Å². The third-order valence-corrected chi connectivity index (χ3v) is 8.31. The van der Waals surface area contributed by atoms with Gasteiger partial charge in [0.1, 0.15) is 5.60 Å². The Labute approximate surface area is 157 Å². The number of fused-ring (bicyclic) bond motifs is 5. The molecule has 0 saturated heterocycles. The Morgan fingerprint density at radius 3 is 2.67 bits per heavy atom. The van der Waals surface area contributed by atoms with Gasteiger partial charge in [0.25, 0.3) is 0 Å². The molecule has 6 heteroatoms. The number of rotatable bonds is 2. The summed E-state index contributed by atoms with van der Waals surface area (Å²) in [5.41, 5.74) is -5.32. The summed E-state index contributed by atoms with van der Waals surface area (Å²) < 4.78 is 16.7. The molecule has 0 unspecified atom stereocenters. The van der Waals surface area contributed by atoms with Crippen LogP contribution in [0.25, 0.3) is 0 Å². The highest BCUT2D eigenvalue weighted by Crippen LogP contribution is 2.69. The van der Waals surface area contributed by atoms with Crippen LogP contribution in [0.5, 0.6) is 0 Å². The number of carbonyl (C=O) groups is 3. The van der Waals surface area contributed by atoms with Crippen molar-refractivity contribution in [2.24, 2.45) is 22.7 Å². The van der Waals surface area contributed by atoms with Crippen LogP contribution in [0.1, 0.15) is 46.0 Å². The first-order chi connectivity index (χ1) is 12.5. The fourth-order valence-electron chi connectivity index (χ4n) is 6.72. The monoisotopic (exact) mass is 376 g/mol. The van der Waals surface area contributed by atoms with Crippen LogP contribution in [0.15, 0.2) is 23.8 Å². The van der Waals surface area contributed by atoms with Crippen molar-refractivity contribution in [2.45, 2.75) is 63.3 Å². The van der Waals surface area contributed by atoms with E-state index in [4.69, 9.17) is 0 Å². The molecule has 27 heavy (non-hydrogen) atoms. The lowest BCUT2D eigenvalue weighted by Crippen LogP contribution is -2.69. The van der Waals surface area contributed by atoms with E-state index in [0.29, 0.717) is 24.8 Å². The molecule has 0 aromatic heterocycles. The topological polar surface area (TPSA) is 91.7 Å². The molecule has 4 aliphatic rings. The average molecular weight is 376 g/mol. The molecule has 0 spiro atoms. The molecule has 0 aromatic rings. The first kappa shape index (κ1) is 18.7. The predicted molar refractivity (Wildman–Crippen MR) is 94.4 cm³/mol. The molecule has 0 heterocycles. The maximum atomic E-state index is 16.7. The van der Waals surface area contributed by atoms with E-state index in [1.54, 1.807) is 19.9 Å². The summed E-state index contributed by atoms with van der Waals surface area (Å²) in [6.45, 7) is 3.42. The number of Topliss-reactive ketones (excluding diaryl/α,β-unsaturated/α-hetero) is 1. The smallest absolute Gasteiger partial charge is 0.227 e. The van der Waals surface area contributed by atoms with Gasteiger partial charge in [0.05, 0.1) is 6.10 Å². The van der Waals surface area contributed by atoms with E-state index < -0.39 is 39.9 Å². The third-order valence-electron chi connectivity index (χ3n) is 8.31. The zero-order chi connectivity index (χ0) is 19.8. The second-order valence-electron chi connectivity index (χ2n) is 9.15. The summed E-state index contributed by atoms with van der Waals surface area (Å²) in [5, 5.41) is 22.1. The van der Waals surface area contributed by atoms with Gasteiger partial charge in [-0.3, -0.25) is 14.4 Å². The van der Waals surface area contributed by atoms with Crippen molar-refractivity contribution in [3.8, 4) is 0 Å². The normalized spacial score (nSPS) is 51.1. The molecule has 2 N–H and O–H groups in total. The average Bonchev–Trinajstić information content (AvgIpc) is 2.88.